The van der Waals surface area contributed by atoms with Crippen LogP contribution in [0.4, 0.5) is 13.2 Å². The van der Waals surface area contributed by atoms with E-state index in [0.717, 1.165) is 48.3 Å². The second kappa shape index (κ2) is 59.5. The number of hydrogen-bond acceptors (Lipinski definition) is 31. The zero-order chi connectivity index (χ0) is 110. The highest BCUT2D eigenvalue weighted by Gasteiger charge is 2.57. The summed E-state index contributed by atoms with van der Waals surface area (Å²) >= 11 is 0. The number of aliphatic hydroxyl groups excluding tert-OH is 3. The van der Waals surface area contributed by atoms with Crippen molar-refractivity contribution < 1.29 is 161 Å². The van der Waals surface area contributed by atoms with E-state index in [4.69, 9.17) is 66.7 Å². The first kappa shape index (κ1) is 126. The molecule has 0 aromatic carbocycles. The molecule has 32 atom stereocenters. The van der Waals surface area contributed by atoms with Crippen LogP contribution in [0.2, 0.25) is 0 Å². The van der Waals surface area contributed by atoms with E-state index in [9.17, 15) is 90.0 Å². The van der Waals surface area contributed by atoms with E-state index in [2.05, 4.69) is 4.18 Å². The molecule has 5 N–H and O–H groups in total. The summed E-state index contributed by atoms with van der Waals surface area (Å²) in [6.45, 7) is 27.5. The summed E-state index contributed by atoms with van der Waals surface area (Å²) in [5, 5.41) is 55.5. The number of piperidine rings is 2. The third kappa shape index (κ3) is 35.5. The van der Waals surface area contributed by atoms with Crippen molar-refractivity contribution in [3.8, 4) is 0 Å². The number of methoxy groups -OCH3 is 6. The zero-order valence-corrected chi connectivity index (χ0v) is 91.5. The minimum atomic E-state index is -5.91. The Morgan fingerprint density at radius 1 is 0.459 bits per heavy atom. The lowest BCUT2D eigenvalue weighted by Crippen LogP contribution is -2.61. The first-order valence-electron chi connectivity index (χ1n) is 53.4. The number of amides is 2. The van der Waals surface area contributed by atoms with Gasteiger partial charge in [-0.05, 0) is 227 Å². The molecule has 8 aliphatic heterocycles. The van der Waals surface area contributed by atoms with Crippen molar-refractivity contribution in [3.05, 3.63) is 95.2 Å². The molecule has 4 bridgehead atoms. The molecule has 6 saturated heterocycles. The van der Waals surface area contributed by atoms with E-state index in [1.54, 1.807) is 75.7 Å². The Bertz CT molecular complexity index is 4710. The summed E-state index contributed by atoms with van der Waals surface area (Å²) < 4.78 is 144. The van der Waals surface area contributed by atoms with Crippen LogP contribution in [-0.4, -0.2) is 311 Å². The molecule has 0 aromatic heterocycles. The molecule has 37 heteroatoms. The first-order valence-corrected chi connectivity index (χ1v) is 54.8. The molecule has 2 aliphatic carbocycles. The average Bonchev–Trinajstić information content (AvgIpc) is 0.883. The number of carbonyl (C=O) groups is 10. The molecule has 33 nitrogen and oxygen atoms in total. The Kier molecular flexibility index (Phi) is 50.7. The Morgan fingerprint density at radius 2 is 0.865 bits per heavy atom. The largest absolute Gasteiger partial charge is 0.523 e. The molecule has 838 valence electrons. The van der Waals surface area contributed by atoms with Crippen molar-refractivity contribution in [2.45, 2.75) is 391 Å². The van der Waals surface area contributed by atoms with Crippen LogP contribution in [-0.2, 0) is 124 Å². The number of ketones is 6. The van der Waals surface area contributed by atoms with E-state index in [-0.39, 0.29) is 148 Å². The van der Waals surface area contributed by atoms with Gasteiger partial charge in [0, 0.05) is 130 Å². The van der Waals surface area contributed by atoms with Crippen molar-refractivity contribution in [1.82, 2.24) is 9.80 Å². The fourth-order valence-corrected chi connectivity index (χ4v) is 22.7. The number of ether oxygens (including phenoxy) is 13. The molecule has 148 heavy (non-hydrogen) atoms. The molecule has 0 aromatic rings. The summed E-state index contributed by atoms with van der Waals surface area (Å²) in [5.41, 5.74) is -3.24. The summed E-state index contributed by atoms with van der Waals surface area (Å²) in [7, 11) is 2.83. The van der Waals surface area contributed by atoms with Gasteiger partial charge < -0.3 is 96.9 Å². The first-order chi connectivity index (χ1) is 69.9. The number of esters is 2. The number of hydrogen-bond donors (Lipinski definition) is 5. The van der Waals surface area contributed by atoms with Gasteiger partial charge in [0.2, 0.25) is 11.6 Å². The highest BCUT2D eigenvalue weighted by atomic mass is 32.2. The summed E-state index contributed by atoms with van der Waals surface area (Å²) in [6, 6.07) is -2.42. The number of Topliss-reactive ketones (excluding diaryl/α,β-unsaturated/α-hetero) is 6. The second-order valence-electron chi connectivity index (χ2n) is 43.3. The molecule has 0 spiro atoms. The van der Waals surface area contributed by atoms with E-state index in [1.807, 2.05) is 102 Å². The Labute approximate surface area is 873 Å². The highest BCUT2D eigenvalue weighted by Crippen LogP contribution is 2.44. The molecule has 10 aliphatic rings. The number of aliphatic hydroxyl groups is 5. The van der Waals surface area contributed by atoms with Crippen LogP contribution in [0.5, 0.6) is 0 Å². The molecule has 2 saturated carbocycles. The maximum Gasteiger partial charge on any atom is 0.523 e. The maximum atomic E-state index is 14.5. The lowest BCUT2D eigenvalue weighted by atomic mass is 9.78. The number of carbonyl (C=O) groups excluding carboxylic acids is 10. The van der Waals surface area contributed by atoms with Crippen LogP contribution >= 0.6 is 0 Å². The molecule has 0 radical (unpaired) electrons. The number of fused-ring (bicyclic) bond motifs is 6. The van der Waals surface area contributed by atoms with Crippen LogP contribution in [0.1, 0.15) is 264 Å². The normalized spacial score (nSPS) is 39.1. The third-order valence-electron chi connectivity index (χ3n) is 31.6. The monoisotopic (exact) mass is 2120 g/mol. The van der Waals surface area contributed by atoms with Crippen molar-refractivity contribution in [2.24, 2.45) is 71.0 Å². The van der Waals surface area contributed by atoms with Gasteiger partial charge in [0.25, 0.3) is 23.4 Å². The number of cyclic esters (lactones) is 2. The zero-order valence-electron chi connectivity index (χ0n) is 90.7. The van der Waals surface area contributed by atoms with Crippen LogP contribution in [0.3, 0.4) is 0 Å². The number of nitrogens with zero attached hydrogens (tertiary/aromatic N) is 2. The predicted molar refractivity (Wildman–Crippen MR) is 544 cm³/mol. The van der Waals surface area contributed by atoms with Gasteiger partial charge in [0.05, 0.1) is 68.1 Å². The van der Waals surface area contributed by atoms with Gasteiger partial charge in [-0.25, -0.2) is 9.59 Å². The van der Waals surface area contributed by atoms with Gasteiger partial charge >= 0.3 is 27.6 Å². The Balaban J connectivity index is 0.000000341. The topological polar surface area (TPSA) is 442 Å². The fraction of sp³-hybridized carbons (Fsp3) is 0.766. The van der Waals surface area contributed by atoms with Crippen molar-refractivity contribution in [1.29, 1.82) is 0 Å². The van der Waals surface area contributed by atoms with E-state index in [0.29, 0.717) is 109 Å². The van der Waals surface area contributed by atoms with Gasteiger partial charge in [-0.1, -0.05) is 142 Å². The summed E-state index contributed by atoms with van der Waals surface area (Å²) in [6.07, 6.45) is 20.1. The number of rotatable bonds is 16. The van der Waals surface area contributed by atoms with E-state index < -0.39 is 195 Å². The molecule has 10 unspecified atom stereocenters. The molecular formula is C111H171F3N2O31S. The Morgan fingerprint density at radius 3 is 1.23 bits per heavy atom. The van der Waals surface area contributed by atoms with Gasteiger partial charge in [-0.2, -0.15) is 21.6 Å². The van der Waals surface area contributed by atoms with Crippen LogP contribution < -0.4 is 0 Å². The molecule has 8 heterocycles. The van der Waals surface area contributed by atoms with Crippen LogP contribution in [0.25, 0.3) is 0 Å². The maximum absolute atomic E-state index is 14.5. The smallest absolute Gasteiger partial charge is 0.460 e. The van der Waals surface area contributed by atoms with E-state index in [1.165, 1.54) is 39.4 Å². The molecule has 8 fully saturated rings. The quantitative estimate of drug-likeness (QED) is 0.0315. The van der Waals surface area contributed by atoms with Crippen molar-refractivity contribution >= 4 is 68.6 Å². The minimum Gasteiger partial charge on any atom is -0.460 e. The van der Waals surface area contributed by atoms with Crippen molar-refractivity contribution in [3.63, 3.8) is 0 Å². The predicted octanol–water partition coefficient (Wildman–Crippen LogP) is 13.8. The van der Waals surface area contributed by atoms with E-state index >= 15 is 0 Å². The molecular weight excluding hydrogens is 1950 g/mol. The van der Waals surface area contributed by atoms with Gasteiger partial charge in [0.1, 0.15) is 66.4 Å². The van der Waals surface area contributed by atoms with Gasteiger partial charge in [0.15, 0.2) is 11.6 Å². The average molecular weight is 2120 g/mol. The standard InChI is InChI=1S/C55H85NO14.C52H78F3NO15S.C4H8O2/c1-33-16-12-11-13-17-34(2)46(64-8)30-41-21-19-39(7)55(63,70-41)52(60)53(61)56-24-15-14-18-43(56)54(62)69-47(31-44(57)35(3)27-38(6)50(59)51(66-10)49(58)37(5)26-33)36(4)28-40-20-22-45(48(29-40)65-9)68-42-23-25-67-32-42;1-30-16-12-11-13-17-31(2)42(66-8)28-38-21-19-36(7)51(63,70-38)48(60)49(61)56-23-15-14-18-39(56)50(62)69-43(29-40(57)32(3)25-35(6)46(59)47(68-10)45(58)34(5)24-30)33(4)26-37-20-22-41(44(27-37)67-9)71-72(64,65)52(53,54)55;5-4-1-2-6-3-4/h11-13,16-17,27,33,35-37,39-43,45-48,50-51,59,63H,14-15,18-26,28-32H2,1-10H3;11-13,16-17,25,30,32-34,36-39,41-44,46-47,59,63H,14-15,18-24,26-29H2,1-10H3;4-5H,1-3H2/b13-11+,16-12+,34-17+,38-27+;13-11+,16-12+,31-17+,35-25+;/t33-,35-,36+,37-,39-,40?,41+,42?,43+,45?,46+,47+,48?,50?,51+,55-;30-,32-,33+,34-,36-,37?,38+,39+,41?,42+,43+,44?,46?,47+,51-;/m11./s1. The minimum absolute atomic E-state index is 0.0182. The van der Waals surface area contributed by atoms with Crippen molar-refractivity contribution in [2.75, 3.05) is 82.2 Å². The Hall–Kier alpha value is -7.12. The number of allylic oxidation sites excluding steroid dienone is 12. The van der Waals surface area contributed by atoms with Gasteiger partial charge in [-0.3, -0.25) is 42.5 Å². The van der Waals surface area contributed by atoms with Crippen LogP contribution in [0, 0.1) is 71.0 Å². The third-order valence-corrected chi connectivity index (χ3v) is 32.7. The number of alkyl halides is 3. The van der Waals surface area contributed by atoms with Crippen LogP contribution in [0.15, 0.2) is 95.2 Å². The summed E-state index contributed by atoms with van der Waals surface area (Å²) in [5.74, 6) is -17.5. The summed E-state index contributed by atoms with van der Waals surface area (Å²) in [4.78, 5) is 144. The fourth-order valence-electron chi connectivity index (χ4n) is 22.1. The lowest BCUT2D eigenvalue weighted by molar-refractivity contribution is -0.265. The second-order valence-corrected chi connectivity index (χ2v) is 44.8. The lowest BCUT2D eigenvalue weighted by Gasteiger charge is -2.42. The number of halogens is 3. The molecule has 2 amide bonds. The molecule has 10 rings (SSSR count). The SMILES string of the molecule is COC1CC(C[C@H](C)[C@@H]2CC(=O)[C@H](C)/C=C(\C)C(O)[C@@H](OC)C(=O)[C@H](C)C[C@H](C)/C=C/C=C/C=C(\C)[C@@H](OC)C[C@@H]3CC[C@@H](C)[C@@](O)(O3)C(=O)C(=O)N3CCCC[C@H]3C(=O)O2)CCC1OC1CCOC1.COC1CC(C[C@H](C)[C@@H]2CC(=O)[C@H](C)/C=C(\C)C(O)[C@@H](OC)C(=O)[C@H](C)C[C@H](C)/C=C/C=C/C=C(\C)[C@@H](OC)C[C@@H]3CC[C@@H](C)[C@@](O)(O3)C(=O)C(=O)N3CCCC[C@H]3C(=O)O2)CCC1OS(=O)(=O)C(F)(F)F.OC1CCOC1. The highest BCUT2D eigenvalue weighted by molar-refractivity contribution is 7.87. The van der Waals surface area contributed by atoms with Gasteiger partial charge in [-0.15, -0.1) is 0 Å².